The molecule has 0 saturated carbocycles. The first-order valence-electron chi connectivity index (χ1n) is 6.77. The highest BCUT2D eigenvalue weighted by Gasteiger charge is 2.22. The summed E-state index contributed by atoms with van der Waals surface area (Å²) in [5.41, 5.74) is -0.0394. The number of nitrogens with one attached hydrogen (secondary N) is 1. The summed E-state index contributed by atoms with van der Waals surface area (Å²) >= 11 is 6.14. The third kappa shape index (κ3) is 4.89. The van der Waals surface area contributed by atoms with Gasteiger partial charge in [-0.05, 0) is 27.9 Å². The van der Waals surface area contributed by atoms with Crippen LogP contribution in [0.4, 0.5) is 5.82 Å². The molecule has 2 N–H and O–H groups in total. The van der Waals surface area contributed by atoms with Gasteiger partial charge in [-0.15, -0.1) is 0 Å². The Balaban J connectivity index is 2.87. The van der Waals surface area contributed by atoms with Crippen molar-refractivity contribution in [1.82, 2.24) is 14.9 Å². The maximum absolute atomic E-state index is 10.3. The van der Waals surface area contributed by atoms with Crippen molar-refractivity contribution in [3.8, 4) is 0 Å². The maximum Gasteiger partial charge on any atom is 0.137 e. The van der Waals surface area contributed by atoms with Crippen LogP contribution < -0.4 is 5.32 Å². The molecule has 0 bridgehead atoms. The molecule has 0 radical (unpaired) electrons. The number of aromatic nitrogens is 2. The Morgan fingerprint density at radius 2 is 1.95 bits per heavy atom. The number of likely N-dealkylation sites (N-methyl/N-ethyl adjacent to an activating group) is 1. The van der Waals surface area contributed by atoms with E-state index in [1.807, 2.05) is 39.8 Å². The summed E-state index contributed by atoms with van der Waals surface area (Å²) in [4.78, 5) is 10.7. The number of anilines is 1. The lowest BCUT2D eigenvalue weighted by Gasteiger charge is -2.27. The van der Waals surface area contributed by atoms with E-state index in [4.69, 9.17) is 11.6 Å². The molecule has 5 nitrogen and oxygen atoms in total. The molecule has 114 valence electrons. The van der Waals surface area contributed by atoms with Gasteiger partial charge in [-0.2, -0.15) is 0 Å². The molecule has 1 rings (SSSR count). The van der Waals surface area contributed by atoms with E-state index in [0.717, 1.165) is 5.56 Å². The first-order chi connectivity index (χ1) is 9.12. The van der Waals surface area contributed by atoms with Gasteiger partial charge in [0.15, 0.2) is 0 Å². The number of rotatable bonds is 6. The SMILES string of the molecule is Cc1c(Cl)nc(C(C)C)nc1NCC(C)(O)CN(C)C. The fraction of sp³-hybridized carbons (Fsp3) is 0.714. The van der Waals surface area contributed by atoms with Crippen LogP contribution in [0.15, 0.2) is 0 Å². The minimum Gasteiger partial charge on any atom is -0.387 e. The fourth-order valence-electron chi connectivity index (χ4n) is 1.95. The van der Waals surface area contributed by atoms with E-state index in [1.54, 1.807) is 6.92 Å². The molecule has 1 aromatic rings. The lowest BCUT2D eigenvalue weighted by Crippen LogP contribution is -2.43. The Labute approximate surface area is 126 Å². The predicted octanol–water partition coefficient (Wildman–Crippen LogP) is 2.29. The van der Waals surface area contributed by atoms with E-state index >= 15 is 0 Å². The molecule has 1 unspecified atom stereocenters. The van der Waals surface area contributed by atoms with Gasteiger partial charge in [-0.25, -0.2) is 9.97 Å². The van der Waals surface area contributed by atoms with Crippen LogP contribution >= 0.6 is 11.6 Å². The van der Waals surface area contributed by atoms with Crippen molar-refractivity contribution in [1.29, 1.82) is 0 Å². The average Bonchev–Trinajstić information content (AvgIpc) is 2.28. The number of hydrogen-bond donors (Lipinski definition) is 2. The van der Waals surface area contributed by atoms with Crippen LogP contribution in [-0.4, -0.2) is 52.8 Å². The largest absolute Gasteiger partial charge is 0.387 e. The van der Waals surface area contributed by atoms with E-state index in [-0.39, 0.29) is 5.92 Å². The van der Waals surface area contributed by atoms with Crippen LogP contribution in [0.2, 0.25) is 5.15 Å². The smallest absolute Gasteiger partial charge is 0.137 e. The molecule has 6 heteroatoms. The Hall–Kier alpha value is -0.910. The van der Waals surface area contributed by atoms with E-state index < -0.39 is 5.60 Å². The number of halogens is 1. The van der Waals surface area contributed by atoms with Gasteiger partial charge in [-0.3, -0.25) is 0 Å². The zero-order chi connectivity index (χ0) is 15.5. The third-order valence-corrected chi connectivity index (χ3v) is 3.28. The molecule has 0 amide bonds. The molecular weight excluding hydrogens is 276 g/mol. The van der Waals surface area contributed by atoms with Crippen molar-refractivity contribution in [2.45, 2.75) is 39.2 Å². The quantitative estimate of drug-likeness (QED) is 0.789. The summed E-state index contributed by atoms with van der Waals surface area (Å²) in [5, 5.41) is 13.9. The molecule has 0 aliphatic heterocycles. The Bertz CT molecular complexity index is 461. The summed E-state index contributed by atoms with van der Waals surface area (Å²) in [7, 11) is 3.86. The minimum absolute atomic E-state index is 0.205. The highest BCUT2D eigenvalue weighted by molar-refractivity contribution is 6.30. The monoisotopic (exact) mass is 300 g/mol. The fourth-order valence-corrected chi connectivity index (χ4v) is 2.12. The number of hydrogen-bond acceptors (Lipinski definition) is 5. The van der Waals surface area contributed by atoms with Crippen molar-refractivity contribution in [2.24, 2.45) is 0 Å². The van der Waals surface area contributed by atoms with Gasteiger partial charge >= 0.3 is 0 Å². The van der Waals surface area contributed by atoms with Gasteiger partial charge in [0.25, 0.3) is 0 Å². The van der Waals surface area contributed by atoms with Gasteiger partial charge < -0.3 is 15.3 Å². The summed E-state index contributed by atoms with van der Waals surface area (Å²) in [6.07, 6.45) is 0. The lowest BCUT2D eigenvalue weighted by atomic mass is 10.1. The van der Waals surface area contributed by atoms with Crippen LogP contribution in [0, 0.1) is 6.92 Å². The van der Waals surface area contributed by atoms with Gasteiger partial charge in [-0.1, -0.05) is 25.4 Å². The highest BCUT2D eigenvalue weighted by atomic mass is 35.5. The van der Waals surface area contributed by atoms with E-state index in [9.17, 15) is 5.11 Å². The summed E-state index contributed by atoms with van der Waals surface area (Å²) in [5.74, 6) is 1.60. The average molecular weight is 301 g/mol. The van der Waals surface area contributed by atoms with E-state index in [0.29, 0.717) is 29.9 Å². The second-order valence-electron chi connectivity index (χ2n) is 6.09. The first-order valence-corrected chi connectivity index (χ1v) is 7.15. The van der Waals surface area contributed by atoms with Crippen LogP contribution in [0.1, 0.15) is 38.1 Å². The summed E-state index contributed by atoms with van der Waals surface area (Å²) < 4.78 is 0. The Morgan fingerprint density at radius 1 is 1.35 bits per heavy atom. The van der Waals surface area contributed by atoms with Crippen LogP contribution in [0.3, 0.4) is 0 Å². The predicted molar refractivity (Wildman–Crippen MR) is 83.5 cm³/mol. The topological polar surface area (TPSA) is 61.3 Å². The second kappa shape index (κ2) is 6.70. The first kappa shape index (κ1) is 17.1. The van der Waals surface area contributed by atoms with E-state index in [2.05, 4.69) is 15.3 Å². The zero-order valence-corrected chi connectivity index (χ0v) is 13.9. The van der Waals surface area contributed by atoms with E-state index in [1.165, 1.54) is 0 Å². The molecule has 0 aliphatic carbocycles. The van der Waals surface area contributed by atoms with Crippen LogP contribution in [-0.2, 0) is 0 Å². The normalized spacial score (nSPS) is 14.7. The second-order valence-corrected chi connectivity index (χ2v) is 6.45. The highest BCUT2D eigenvalue weighted by Crippen LogP contribution is 2.23. The lowest BCUT2D eigenvalue weighted by molar-refractivity contribution is 0.0459. The van der Waals surface area contributed by atoms with Crippen molar-refractivity contribution in [3.05, 3.63) is 16.5 Å². The van der Waals surface area contributed by atoms with Crippen molar-refractivity contribution in [3.63, 3.8) is 0 Å². The molecule has 1 atom stereocenters. The van der Waals surface area contributed by atoms with Crippen molar-refractivity contribution >= 4 is 17.4 Å². The van der Waals surface area contributed by atoms with Gasteiger partial charge in [0.1, 0.15) is 16.8 Å². The molecule has 20 heavy (non-hydrogen) atoms. The number of aliphatic hydroxyl groups is 1. The minimum atomic E-state index is -0.842. The Kier molecular flexibility index (Phi) is 5.74. The number of nitrogens with zero attached hydrogens (tertiary/aromatic N) is 3. The molecule has 0 saturated heterocycles. The Morgan fingerprint density at radius 3 is 2.45 bits per heavy atom. The van der Waals surface area contributed by atoms with Gasteiger partial charge in [0.05, 0.1) is 5.60 Å². The molecule has 0 aromatic carbocycles. The van der Waals surface area contributed by atoms with Crippen molar-refractivity contribution < 1.29 is 5.11 Å². The van der Waals surface area contributed by atoms with Crippen LogP contribution in [0.25, 0.3) is 0 Å². The van der Waals surface area contributed by atoms with Gasteiger partial charge in [0, 0.05) is 24.6 Å². The molecular formula is C14H25ClN4O. The molecule has 1 heterocycles. The van der Waals surface area contributed by atoms with Crippen molar-refractivity contribution in [2.75, 3.05) is 32.5 Å². The maximum atomic E-state index is 10.3. The zero-order valence-electron chi connectivity index (χ0n) is 13.2. The molecule has 0 spiro atoms. The summed E-state index contributed by atoms with van der Waals surface area (Å²) in [6, 6.07) is 0. The standard InChI is InChI=1S/C14H25ClN4O/c1-9(2)12-17-11(15)10(3)13(18-12)16-7-14(4,20)8-19(5)6/h9,20H,7-8H2,1-6H3,(H,16,17,18). The van der Waals surface area contributed by atoms with Crippen LogP contribution in [0.5, 0.6) is 0 Å². The summed E-state index contributed by atoms with van der Waals surface area (Å²) in [6.45, 7) is 8.67. The van der Waals surface area contributed by atoms with Gasteiger partial charge in [0.2, 0.25) is 0 Å². The third-order valence-electron chi connectivity index (χ3n) is 2.91. The molecule has 0 aliphatic rings. The molecule has 0 fully saturated rings. The molecule has 1 aromatic heterocycles.